The Morgan fingerprint density at radius 2 is 2.09 bits per heavy atom. The summed E-state index contributed by atoms with van der Waals surface area (Å²) in [6.07, 6.45) is -0.694. The molecule has 0 saturated carbocycles. The minimum atomic E-state index is -4.10. The van der Waals surface area contributed by atoms with Crippen LogP contribution in [0.2, 0.25) is 0 Å². The summed E-state index contributed by atoms with van der Waals surface area (Å²) >= 11 is 0. The van der Waals surface area contributed by atoms with Gasteiger partial charge in [0, 0.05) is 1.43 Å². The van der Waals surface area contributed by atoms with E-state index in [-0.39, 0.29) is 7.85 Å². The van der Waals surface area contributed by atoms with E-state index in [0.717, 1.165) is 0 Å². The molecule has 7 heteroatoms. The Morgan fingerprint density at radius 1 is 1.64 bits per heavy atom. The quantitative estimate of drug-likeness (QED) is 0.427. The number of hydrogen-bond donors (Lipinski definition) is 4. The largest absolute Gasteiger partial charge is 0.480 e. The van der Waals surface area contributed by atoms with Gasteiger partial charge < -0.3 is 20.6 Å². The van der Waals surface area contributed by atoms with Gasteiger partial charge in [-0.05, 0) is 6.42 Å². The van der Waals surface area contributed by atoms with Crippen molar-refractivity contribution in [3.63, 3.8) is 0 Å². The highest BCUT2D eigenvalue weighted by atomic mass is 31.2. The fourth-order valence-electron chi connectivity index (χ4n) is 0.431. The molecule has 0 rings (SSSR count). The second kappa shape index (κ2) is 3.82. The van der Waals surface area contributed by atoms with Crippen LogP contribution in [0.5, 0.6) is 0 Å². The molecular formula is C4H12NO5P. The highest BCUT2D eigenvalue weighted by Gasteiger charge is 2.18. The van der Waals surface area contributed by atoms with E-state index in [1.54, 1.807) is 0 Å². The summed E-state index contributed by atoms with van der Waals surface area (Å²) in [5.41, 5.74) is 4.98. The van der Waals surface area contributed by atoms with E-state index in [1.165, 1.54) is 0 Å². The summed E-state index contributed by atoms with van der Waals surface area (Å²) in [5.74, 6) is -1.25. The van der Waals surface area contributed by atoms with Crippen molar-refractivity contribution in [2.75, 3.05) is 6.16 Å². The molecule has 0 aromatic rings. The SMILES string of the molecule is N[C@H](CCP(=O)(O)O)C(=O)O.[2HH]. The van der Waals surface area contributed by atoms with Crippen LogP contribution in [-0.2, 0) is 9.36 Å². The predicted octanol–water partition coefficient (Wildman–Crippen LogP) is -0.788. The van der Waals surface area contributed by atoms with Gasteiger partial charge in [-0.2, -0.15) is 0 Å². The van der Waals surface area contributed by atoms with E-state index in [9.17, 15) is 9.36 Å². The zero-order valence-electron chi connectivity index (χ0n) is 5.67. The summed E-state index contributed by atoms with van der Waals surface area (Å²) in [6, 6.07) is -1.19. The number of hydrogen-bond acceptors (Lipinski definition) is 3. The van der Waals surface area contributed by atoms with Crippen LogP contribution in [0.15, 0.2) is 0 Å². The molecule has 0 aliphatic carbocycles. The molecule has 0 aromatic heterocycles. The summed E-state index contributed by atoms with van der Waals surface area (Å²) in [4.78, 5) is 26.7. The third-order valence-corrected chi connectivity index (χ3v) is 1.89. The highest BCUT2D eigenvalue weighted by molar-refractivity contribution is 7.51. The smallest absolute Gasteiger partial charge is 0.325 e. The molecule has 0 heterocycles. The average molecular weight is 186 g/mol. The minimum absolute atomic E-state index is 0. The number of carboxylic acids is 1. The summed E-state index contributed by atoms with van der Waals surface area (Å²) in [5, 5.41) is 8.20. The Bertz CT molecular complexity index is 192. The first-order chi connectivity index (χ1) is 4.83. The van der Waals surface area contributed by atoms with Crippen LogP contribution >= 0.6 is 7.60 Å². The van der Waals surface area contributed by atoms with E-state index in [4.69, 9.17) is 20.6 Å². The van der Waals surface area contributed by atoms with Gasteiger partial charge in [-0.1, -0.05) is 0 Å². The molecule has 0 aromatic carbocycles. The summed E-state index contributed by atoms with van der Waals surface area (Å²) in [7, 11) is -4.10. The topological polar surface area (TPSA) is 121 Å². The van der Waals surface area contributed by atoms with Crippen molar-refractivity contribution in [3.05, 3.63) is 0 Å². The number of rotatable bonds is 4. The molecule has 0 bridgehead atoms. The Balaban J connectivity index is 0. The van der Waals surface area contributed by atoms with Gasteiger partial charge in [0.2, 0.25) is 0 Å². The number of carboxylic acid groups (broad SMARTS) is 1. The molecule has 0 saturated heterocycles. The molecule has 0 radical (unpaired) electrons. The van der Waals surface area contributed by atoms with Crippen LogP contribution in [0.4, 0.5) is 0 Å². The van der Waals surface area contributed by atoms with Gasteiger partial charge in [-0.15, -0.1) is 0 Å². The zero-order valence-corrected chi connectivity index (χ0v) is 6.57. The van der Waals surface area contributed by atoms with E-state index in [0.29, 0.717) is 0 Å². The fraction of sp³-hybridized carbons (Fsp3) is 0.750. The van der Waals surface area contributed by atoms with Gasteiger partial charge in [0.15, 0.2) is 0 Å². The van der Waals surface area contributed by atoms with Crippen molar-refractivity contribution in [2.45, 2.75) is 12.5 Å². The van der Waals surface area contributed by atoms with E-state index in [1.807, 2.05) is 0 Å². The van der Waals surface area contributed by atoms with Gasteiger partial charge in [0.05, 0.1) is 6.16 Å². The maximum Gasteiger partial charge on any atom is 0.325 e. The monoisotopic (exact) mass is 186 g/mol. The molecule has 0 spiro atoms. The molecule has 68 valence electrons. The predicted molar refractivity (Wildman–Crippen MR) is 39.3 cm³/mol. The van der Waals surface area contributed by atoms with E-state index >= 15 is 0 Å². The molecule has 0 aliphatic heterocycles. The lowest BCUT2D eigenvalue weighted by atomic mass is 10.2. The molecule has 6 nitrogen and oxygen atoms in total. The van der Waals surface area contributed by atoms with Crippen LogP contribution in [0, 0.1) is 0 Å². The van der Waals surface area contributed by atoms with Crippen LogP contribution < -0.4 is 5.73 Å². The maximum absolute atomic E-state index is 10.2. The molecule has 0 aliphatic rings. The molecule has 0 fully saturated rings. The first kappa shape index (κ1) is 10.6. The average Bonchev–Trinajstić information content (AvgIpc) is 1.80. The first-order valence-electron chi connectivity index (χ1n) is 2.86. The maximum atomic E-state index is 10.2. The van der Waals surface area contributed by atoms with E-state index in [2.05, 4.69) is 0 Å². The molecule has 1 atom stereocenters. The second-order valence-corrected chi connectivity index (χ2v) is 3.90. The standard InChI is InChI=1S/C4H10NO5P.H2/c5-3(4(6)7)1-2-11(8,9)10;/h3H,1-2,5H2,(H,6,7)(H2,8,9,10);1H/t3-;/m1./s1/i;1+1. The van der Waals surface area contributed by atoms with Crippen LogP contribution in [0.3, 0.4) is 0 Å². The van der Waals surface area contributed by atoms with Crippen LogP contribution in [0.1, 0.15) is 7.85 Å². The normalized spacial score (nSPS) is 14.5. The van der Waals surface area contributed by atoms with Crippen molar-refractivity contribution in [1.82, 2.24) is 0 Å². The van der Waals surface area contributed by atoms with Crippen molar-refractivity contribution in [2.24, 2.45) is 5.73 Å². The molecular weight excluding hydrogens is 173 g/mol. The number of carbonyl (C=O) groups is 1. The number of nitrogens with two attached hydrogens (primary N) is 1. The summed E-state index contributed by atoms with van der Waals surface area (Å²) in [6.45, 7) is 0. The lowest BCUT2D eigenvalue weighted by molar-refractivity contribution is -0.138. The summed E-state index contributed by atoms with van der Waals surface area (Å²) < 4.78 is 10.2. The first-order valence-corrected chi connectivity index (χ1v) is 4.65. The van der Waals surface area contributed by atoms with Crippen molar-refractivity contribution in [3.8, 4) is 0 Å². The van der Waals surface area contributed by atoms with Gasteiger partial charge >= 0.3 is 13.6 Å². The third kappa shape index (κ3) is 6.00. The Morgan fingerprint density at radius 3 is 2.36 bits per heavy atom. The molecule has 5 N–H and O–H groups in total. The lowest BCUT2D eigenvalue weighted by Gasteiger charge is -2.06. The fourth-order valence-corrected chi connectivity index (χ4v) is 1.05. The second-order valence-electron chi connectivity index (χ2n) is 2.12. The Kier molecular flexibility index (Phi) is 3.68. The highest BCUT2D eigenvalue weighted by Crippen LogP contribution is 2.35. The van der Waals surface area contributed by atoms with Crippen molar-refractivity contribution in [1.29, 1.82) is 0 Å². The molecule has 0 amide bonds. The Hall–Kier alpha value is -0.420. The number of aliphatic carboxylic acids is 1. The van der Waals surface area contributed by atoms with Gasteiger partial charge in [0.1, 0.15) is 6.04 Å². The van der Waals surface area contributed by atoms with Gasteiger partial charge in [0.25, 0.3) is 0 Å². The van der Waals surface area contributed by atoms with Gasteiger partial charge in [-0.3, -0.25) is 9.36 Å². The Labute approximate surface area is 64.7 Å². The lowest BCUT2D eigenvalue weighted by Crippen LogP contribution is -2.30. The van der Waals surface area contributed by atoms with Crippen LogP contribution in [0.25, 0.3) is 0 Å². The molecule has 0 unspecified atom stereocenters. The van der Waals surface area contributed by atoms with E-state index < -0.39 is 25.8 Å². The molecule has 11 heavy (non-hydrogen) atoms. The van der Waals surface area contributed by atoms with Crippen LogP contribution in [-0.4, -0.2) is 33.1 Å². The minimum Gasteiger partial charge on any atom is -0.480 e. The van der Waals surface area contributed by atoms with Gasteiger partial charge in [-0.25, -0.2) is 0 Å². The van der Waals surface area contributed by atoms with Crippen molar-refractivity contribution < 1.29 is 25.7 Å². The third-order valence-electron chi connectivity index (χ3n) is 1.05. The zero-order chi connectivity index (χ0) is 9.07. The van der Waals surface area contributed by atoms with Crippen molar-refractivity contribution >= 4 is 13.6 Å².